The maximum atomic E-state index is 4.90. The van der Waals surface area contributed by atoms with Crippen molar-refractivity contribution in [2.24, 2.45) is 0 Å². The van der Waals surface area contributed by atoms with Crippen molar-refractivity contribution >= 4 is 13.3 Å². The van der Waals surface area contributed by atoms with Crippen LogP contribution in [0.1, 0.15) is 0 Å². The molecule has 0 atom stereocenters. The first-order chi connectivity index (χ1) is 22.4. The van der Waals surface area contributed by atoms with E-state index in [0.29, 0.717) is 17.5 Å². The van der Waals surface area contributed by atoms with Gasteiger partial charge >= 0.3 is 0 Å². The van der Waals surface area contributed by atoms with Crippen LogP contribution in [0.3, 0.4) is 0 Å². The highest BCUT2D eigenvalue weighted by atomic mass is 28.3. The lowest BCUT2D eigenvalue weighted by Crippen LogP contribution is -2.37. The van der Waals surface area contributed by atoms with Crippen molar-refractivity contribution in [2.75, 3.05) is 0 Å². The number of benzene rings is 5. The smallest absolute Gasteiger partial charge is 0.165 e. The van der Waals surface area contributed by atoms with E-state index < -0.39 is 8.07 Å². The Morgan fingerprint density at radius 2 is 0.739 bits per heavy atom. The van der Waals surface area contributed by atoms with E-state index in [1.807, 2.05) is 73.1 Å². The summed E-state index contributed by atoms with van der Waals surface area (Å²) in [5, 5.41) is 1.47. The maximum absolute atomic E-state index is 4.90. The summed E-state index contributed by atoms with van der Waals surface area (Å²) in [5.41, 5.74) is 9.58. The first-order valence-electron chi connectivity index (χ1n) is 15.5. The second-order valence-corrected chi connectivity index (χ2v) is 17.6. The summed E-state index contributed by atoms with van der Waals surface area (Å²) in [7, 11) is -1.34. The number of nitrogens with zero attached hydrogens (tertiary/aromatic N) is 4. The molecule has 2 aromatic heterocycles. The summed E-state index contributed by atoms with van der Waals surface area (Å²) >= 11 is 0. The summed E-state index contributed by atoms with van der Waals surface area (Å²) in [5.74, 6) is 1.85. The molecule has 4 nitrogen and oxygen atoms in total. The summed E-state index contributed by atoms with van der Waals surface area (Å²) in [4.78, 5) is 19.2. The van der Waals surface area contributed by atoms with Crippen molar-refractivity contribution in [1.82, 2.24) is 19.9 Å². The van der Waals surface area contributed by atoms with Gasteiger partial charge in [0, 0.05) is 34.6 Å². The molecule has 0 spiro atoms. The van der Waals surface area contributed by atoms with Crippen LogP contribution in [0.4, 0.5) is 0 Å². The fraction of sp³-hybridized carbons (Fsp3) is 0.0732. The zero-order valence-electron chi connectivity index (χ0n) is 26.2. The van der Waals surface area contributed by atoms with Crippen LogP contribution >= 0.6 is 0 Å². The topological polar surface area (TPSA) is 51.6 Å². The van der Waals surface area contributed by atoms with Crippen LogP contribution in [0.2, 0.25) is 19.6 Å². The Balaban J connectivity index is 1.23. The van der Waals surface area contributed by atoms with Gasteiger partial charge in [-0.25, -0.2) is 15.0 Å². The molecule has 5 heteroatoms. The largest absolute Gasteiger partial charge is 0.263 e. The van der Waals surface area contributed by atoms with Gasteiger partial charge in [-0.15, -0.1) is 0 Å². The molecule has 7 aromatic rings. The van der Waals surface area contributed by atoms with Crippen molar-refractivity contribution < 1.29 is 0 Å². The van der Waals surface area contributed by atoms with Gasteiger partial charge in [0.1, 0.15) is 0 Å². The molecule has 0 saturated heterocycles. The van der Waals surface area contributed by atoms with Crippen LogP contribution in [0, 0.1) is 0 Å². The normalized spacial score (nSPS) is 11.4. The Morgan fingerprint density at radius 3 is 1.24 bits per heavy atom. The molecule has 0 saturated carbocycles. The van der Waals surface area contributed by atoms with Crippen LogP contribution in [-0.2, 0) is 0 Å². The third kappa shape index (κ3) is 6.32. The second-order valence-electron chi connectivity index (χ2n) is 12.5. The molecule has 46 heavy (non-hydrogen) atoms. The molecule has 0 bridgehead atoms. The minimum atomic E-state index is -1.34. The van der Waals surface area contributed by atoms with E-state index >= 15 is 0 Å². The van der Waals surface area contributed by atoms with E-state index in [4.69, 9.17) is 15.0 Å². The molecule has 2 heterocycles. The number of pyridine rings is 1. The van der Waals surface area contributed by atoms with Crippen molar-refractivity contribution in [3.05, 3.63) is 152 Å². The number of rotatable bonds is 7. The molecule has 0 aliphatic heterocycles. The Labute approximate surface area is 271 Å². The summed E-state index contributed by atoms with van der Waals surface area (Å²) in [6, 6.07) is 48.7. The third-order valence-corrected chi connectivity index (χ3v) is 10.2. The highest BCUT2D eigenvalue weighted by Crippen LogP contribution is 2.31. The quantitative estimate of drug-likeness (QED) is 0.169. The zero-order chi connectivity index (χ0) is 31.5. The van der Waals surface area contributed by atoms with Gasteiger partial charge in [0.25, 0.3) is 0 Å². The SMILES string of the molecule is C[Si](C)(C)c1ccc(-c2cccc(-c3cccc(-c4cncc(-c5nc(-c6ccccc6)nc(-c6ccccc6)n5)c4)c3)c2)cc1. The average Bonchev–Trinajstić information content (AvgIpc) is 3.12. The van der Waals surface area contributed by atoms with Gasteiger partial charge in [-0.05, 0) is 46.0 Å². The molecule has 0 unspecified atom stereocenters. The Morgan fingerprint density at radius 1 is 0.348 bits per heavy atom. The highest BCUT2D eigenvalue weighted by Gasteiger charge is 2.16. The standard InChI is InChI=1S/C41H34N4Si/c1-46(2,3)38-22-20-29(21-23-38)32-16-10-17-33(24-32)34-18-11-19-35(25-34)36-26-37(28-42-27-36)41-44-39(30-12-6-4-7-13-30)43-40(45-41)31-14-8-5-9-15-31/h4-28H,1-3H3. The van der Waals surface area contributed by atoms with Crippen LogP contribution in [0.5, 0.6) is 0 Å². The number of hydrogen-bond donors (Lipinski definition) is 0. The van der Waals surface area contributed by atoms with Gasteiger partial charge in [0.15, 0.2) is 17.5 Å². The minimum absolute atomic E-state index is 0.589. The van der Waals surface area contributed by atoms with Crippen molar-refractivity contribution in [3.63, 3.8) is 0 Å². The maximum Gasteiger partial charge on any atom is 0.165 e. The molecule has 0 aliphatic carbocycles. The fourth-order valence-electron chi connectivity index (χ4n) is 5.58. The van der Waals surface area contributed by atoms with Crippen molar-refractivity contribution in [1.29, 1.82) is 0 Å². The monoisotopic (exact) mass is 610 g/mol. The molecule has 7 rings (SSSR count). The zero-order valence-corrected chi connectivity index (χ0v) is 27.2. The van der Waals surface area contributed by atoms with Gasteiger partial charge in [-0.2, -0.15) is 0 Å². The predicted molar refractivity (Wildman–Crippen MR) is 193 cm³/mol. The fourth-order valence-corrected chi connectivity index (χ4v) is 6.74. The summed E-state index contributed by atoms with van der Waals surface area (Å²) < 4.78 is 0. The number of hydrogen-bond acceptors (Lipinski definition) is 4. The Bertz CT molecular complexity index is 2060. The Hall–Kier alpha value is -5.52. The number of aromatic nitrogens is 4. The van der Waals surface area contributed by atoms with Gasteiger partial charge in [-0.1, -0.05) is 146 Å². The third-order valence-electron chi connectivity index (χ3n) is 8.17. The van der Waals surface area contributed by atoms with Crippen LogP contribution < -0.4 is 5.19 Å². The Kier molecular flexibility index (Phi) is 7.91. The summed E-state index contributed by atoms with van der Waals surface area (Å²) in [6.07, 6.45) is 3.72. The van der Waals surface area contributed by atoms with E-state index in [1.165, 1.54) is 21.9 Å². The van der Waals surface area contributed by atoms with Crippen molar-refractivity contribution in [3.8, 4) is 67.5 Å². The summed E-state index contributed by atoms with van der Waals surface area (Å²) in [6.45, 7) is 7.15. The first kappa shape index (κ1) is 29.2. The lowest BCUT2D eigenvalue weighted by atomic mass is 9.96. The molecule has 222 valence electrons. The van der Waals surface area contributed by atoms with Gasteiger partial charge in [0.05, 0.1) is 8.07 Å². The molecule has 0 aliphatic rings. The predicted octanol–water partition coefficient (Wildman–Crippen LogP) is 9.81. The van der Waals surface area contributed by atoms with E-state index in [2.05, 4.69) is 103 Å². The highest BCUT2D eigenvalue weighted by molar-refractivity contribution is 6.88. The van der Waals surface area contributed by atoms with Gasteiger partial charge < -0.3 is 0 Å². The molecule has 0 N–H and O–H groups in total. The van der Waals surface area contributed by atoms with Crippen LogP contribution in [-0.4, -0.2) is 28.0 Å². The van der Waals surface area contributed by atoms with E-state index in [0.717, 1.165) is 33.4 Å². The molecule has 0 amide bonds. The lowest BCUT2D eigenvalue weighted by Gasteiger charge is -2.17. The molecular weight excluding hydrogens is 577 g/mol. The average molecular weight is 611 g/mol. The first-order valence-corrected chi connectivity index (χ1v) is 19.0. The lowest BCUT2D eigenvalue weighted by molar-refractivity contribution is 1.07. The van der Waals surface area contributed by atoms with E-state index in [1.54, 1.807) is 0 Å². The molecular formula is C41H34N4Si. The van der Waals surface area contributed by atoms with Gasteiger partial charge in [0.2, 0.25) is 0 Å². The van der Waals surface area contributed by atoms with E-state index in [9.17, 15) is 0 Å². The van der Waals surface area contributed by atoms with E-state index in [-0.39, 0.29) is 0 Å². The van der Waals surface area contributed by atoms with Gasteiger partial charge in [-0.3, -0.25) is 4.98 Å². The molecule has 0 radical (unpaired) electrons. The van der Waals surface area contributed by atoms with Crippen LogP contribution in [0.25, 0.3) is 67.5 Å². The molecule has 0 fully saturated rings. The minimum Gasteiger partial charge on any atom is -0.263 e. The van der Waals surface area contributed by atoms with Crippen molar-refractivity contribution in [2.45, 2.75) is 19.6 Å². The molecule has 5 aromatic carbocycles. The second kappa shape index (κ2) is 12.5. The van der Waals surface area contributed by atoms with Crippen LogP contribution in [0.15, 0.2) is 152 Å².